The first kappa shape index (κ1) is 23.7. The second-order valence-corrected chi connectivity index (χ2v) is 9.24. The van der Waals surface area contributed by atoms with E-state index in [2.05, 4.69) is 10.5 Å². The third-order valence-electron chi connectivity index (χ3n) is 4.95. The second-order valence-electron chi connectivity index (χ2n) is 7.33. The molecule has 3 aromatic carbocycles. The summed E-state index contributed by atoms with van der Waals surface area (Å²) in [6.07, 6.45) is 2.39. The molecule has 0 aromatic heterocycles. The zero-order valence-corrected chi connectivity index (χ0v) is 18.9. The Morgan fingerprint density at radius 2 is 1.64 bits per heavy atom. The summed E-state index contributed by atoms with van der Waals surface area (Å²) in [6, 6.07) is 19.9. The molecule has 8 nitrogen and oxygen atoms in total. The van der Waals surface area contributed by atoms with Crippen LogP contribution in [-0.2, 0) is 16.6 Å². The number of carboxylic acids is 1. The number of benzene rings is 3. The van der Waals surface area contributed by atoms with E-state index in [1.54, 1.807) is 30.3 Å². The zero-order valence-electron chi connectivity index (χ0n) is 18.1. The van der Waals surface area contributed by atoms with Crippen LogP contribution in [0.2, 0.25) is 0 Å². The van der Waals surface area contributed by atoms with Gasteiger partial charge in [0, 0.05) is 11.1 Å². The predicted molar refractivity (Wildman–Crippen MR) is 127 cm³/mol. The van der Waals surface area contributed by atoms with E-state index in [0.29, 0.717) is 11.3 Å². The average molecular weight is 466 g/mol. The Balaban J connectivity index is 1.75. The molecule has 3 aromatic rings. The first-order valence-electron chi connectivity index (χ1n) is 9.95. The van der Waals surface area contributed by atoms with Crippen molar-refractivity contribution in [2.75, 3.05) is 10.6 Å². The monoisotopic (exact) mass is 465 g/mol. The zero-order chi connectivity index (χ0) is 24.0. The summed E-state index contributed by atoms with van der Waals surface area (Å²) in [4.78, 5) is 23.6. The van der Waals surface area contributed by atoms with E-state index >= 15 is 0 Å². The first-order chi connectivity index (χ1) is 15.7. The highest BCUT2D eigenvalue weighted by Crippen LogP contribution is 2.22. The highest BCUT2D eigenvalue weighted by Gasteiger charge is 2.19. The molecule has 0 spiro atoms. The number of anilines is 1. The molecule has 170 valence electrons. The van der Waals surface area contributed by atoms with Crippen molar-refractivity contribution in [3.63, 3.8) is 0 Å². The van der Waals surface area contributed by atoms with Crippen molar-refractivity contribution in [1.29, 1.82) is 0 Å². The normalized spacial score (nSPS) is 11.3. The summed E-state index contributed by atoms with van der Waals surface area (Å²) in [5.41, 5.74) is 5.31. The smallest absolute Gasteiger partial charge is 0.336 e. The Kier molecular flexibility index (Phi) is 7.24. The van der Waals surface area contributed by atoms with Crippen LogP contribution >= 0.6 is 0 Å². The molecule has 33 heavy (non-hydrogen) atoms. The van der Waals surface area contributed by atoms with E-state index in [9.17, 15) is 23.1 Å². The molecule has 0 saturated heterocycles. The highest BCUT2D eigenvalue weighted by molar-refractivity contribution is 7.92. The third-order valence-corrected chi connectivity index (χ3v) is 6.09. The van der Waals surface area contributed by atoms with Crippen LogP contribution in [0.25, 0.3) is 0 Å². The number of hydrogen-bond acceptors (Lipinski definition) is 5. The fraction of sp³-hybridized carbons (Fsp3) is 0.125. The molecule has 0 atom stereocenters. The van der Waals surface area contributed by atoms with Gasteiger partial charge in [-0.3, -0.25) is 9.10 Å². The van der Waals surface area contributed by atoms with Crippen LogP contribution in [0.5, 0.6) is 0 Å². The van der Waals surface area contributed by atoms with Gasteiger partial charge >= 0.3 is 5.97 Å². The van der Waals surface area contributed by atoms with Gasteiger partial charge in [0.1, 0.15) is 0 Å². The molecule has 2 N–H and O–H groups in total. The number of amides is 1. The van der Waals surface area contributed by atoms with Crippen LogP contribution in [0.3, 0.4) is 0 Å². The fourth-order valence-corrected chi connectivity index (χ4v) is 4.03. The molecular formula is C24H23N3O5S. The number of aromatic carboxylic acids is 1. The Hall–Kier alpha value is -3.98. The summed E-state index contributed by atoms with van der Waals surface area (Å²) >= 11 is 0. The molecule has 0 unspecified atom stereocenters. The maximum absolute atomic E-state index is 12.4. The van der Waals surface area contributed by atoms with E-state index in [1.165, 1.54) is 28.7 Å². The van der Waals surface area contributed by atoms with Crippen molar-refractivity contribution >= 4 is 33.8 Å². The van der Waals surface area contributed by atoms with Crippen molar-refractivity contribution in [3.05, 3.63) is 101 Å². The van der Waals surface area contributed by atoms with Gasteiger partial charge in [0.05, 0.1) is 30.3 Å². The van der Waals surface area contributed by atoms with Gasteiger partial charge in [0.25, 0.3) is 5.91 Å². The second kappa shape index (κ2) is 10.1. The molecule has 0 bridgehead atoms. The third kappa shape index (κ3) is 6.05. The quantitative estimate of drug-likeness (QED) is 0.391. The van der Waals surface area contributed by atoms with Crippen molar-refractivity contribution in [1.82, 2.24) is 5.43 Å². The number of carbonyl (C=O) groups is 2. The van der Waals surface area contributed by atoms with Crippen molar-refractivity contribution in [3.8, 4) is 0 Å². The molecule has 0 fully saturated rings. The molecule has 0 aliphatic rings. The van der Waals surface area contributed by atoms with E-state index < -0.39 is 21.9 Å². The molecule has 0 saturated carbocycles. The van der Waals surface area contributed by atoms with Crippen molar-refractivity contribution < 1.29 is 23.1 Å². The molecule has 0 aliphatic heterocycles. The van der Waals surface area contributed by atoms with Crippen LogP contribution in [0, 0.1) is 6.92 Å². The molecular weight excluding hydrogens is 442 g/mol. The van der Waals surface area contributed by atoms with Gasteiger partial charge in [0.15, 0.2) is 0 Å². The highest BCUT2D eigenvalue weighted by atomic mass is 32.2. The van der Waals surface area contributed by atoms with Crippen LogP contribution in [0.15, 0.2) is 77.9 Å². The van der Waals surface area contributed by atoms with Gasteiger partial charge in [-0.25, -0.2) is 18.6 Å². The Labute approximate surface area is 192 Å². The van der Waals surface area contributed by atoms with Crippen LogP contribution < -0.4 is 9.73 Å². The number of sulfonamides is 1. The summed E-state index contributed by atoms with van der Waals surface area (Å²) in [5, 5.41) is 13.0. The Bertz CT molecular complexity index is 1300. The lowest BCUT2D eigenvalue weighted by atomic mass is 10.1. The van der Waals surface area contributed by atoms with Crippen LogP contribution in [0.4, 0.5) is 5.69 Å². The number of nitrogens with one attached hydrogen (secondary N) is 1. The summed E-state index contributed by atoms with van der Waals surface area (Å²) in [5.74, 6) is -1.62. The largest absolute Gasteiger partial charge is 0.478 e. The minimum Gasteiger partial charge on any atom is -0.478 e. The van der Waals surface area contributed by atoms with E-state index in [0.717, 1.165) is 17.4 Å². The number of aryl methyl sites for hydroxylation is 1. The first-order valence-corrected chi connectivity index (χ1v) is 11.8. The molecule has 0 radical (unpaired) electrons. The number of carboxylic acid groups (broad SMARTS) is 1. The summed E-state index contributed by atoms with van der Waals surface area (Å²) < 4.78 is 26.1. The van der Waals surface area contributed by atoms with Gasteiger partial charge in [-0.15, -0.1) is 0 Å². The molecule has 3 rings (SSSR count). The maximum atomic E-state index is 12.4. The number of rotatable bonds is 8. The molecule has 1 amide bonds. The van der Waals surface area contributed by atoms with E-state index in [4.69, 9.17) is 0 Å². The van der Waals surface area contributed by atoms with E-state index in [-0.39, 0.29) is 17.7 Å². The number of hydrazone groups is 1. The fourth-order valence-electron chi connectivity index (χ4n) is 3.15. The Morgan fingerprint density at radius 3 is 2.27 bits per heavy atom. The summed E-state index contributed by atoms with van der Waals surface area (Å²) in [7, 11) is -3.56. The van der Waals surface area contributed by atoms with Gasteiger partial charge in [-0.1, -0.05) is 42.5 Å². The van der Waals surface area contributed by atoms with Crippen LogP contribution in [-0.4, -0.2) is 37.9 Å². The van der Waals surface area contributed by atoms with Gasteiger partial charge in [-0.2, -0.15) is 5.10 Å². The maximum Gasteiger partial charge on any atom is 0.336 e. The predicted octanol–water partition coefficient (Wildman–Crippen LogP) is 3.42. The summed E-state index contributed by atoms with van der Waals surface area (Å²) in [6.45, 7) is 2.09. The number of hydrogen-bond donors (Lipinski definition) is 2. The van der Waals surface area contributed by atoms with Gasteiger partial charge < -0.3 is 5.11 Å². The van der Waals surface area contributed by atoms with Crippen molar-refractivity contribution in [2.24, 2.45) is 5.10 Å². The van der Waals surface area contributed by atoms with Gasteiger partial charge in [0.2, 0.25) is 10.0 Å². The molecule has 9 heteroatoms. The molecule has 0 aliphatic carbocycles. The minimum atomic E-state index is -3.56. The topological polar surface area (TPSA) is 116 Å². The lowest BCUT2D eigenvalue weighted by molar-refractivity contribution is 0.0696. The standard InChI is InChI=1S/C24H23N3O5S/c1-17-7-3-4-9-20(17)16-27(33(2,31)32)21-13-11-18(12-14-21)23(28)26-25-15-19-8-5-6-10-22(19)24(29)30/h3-15H,16H2,1-2H3,(H,26,28)(H,29,30)/b25-15-. The lowest BCUT2D eigenvalue weighted by Crippen LogP contribution is -2.29. The van der Waals surface area contributed by atoms with Crippen LogP contribution in [0.1, 0.15) is 37.4 Å². The van der Waals surface area contributed by atoms with Gasteiger partial charge in [-0.05, 0) is 48.4 Å². The molecule has 0 heterocycles. The van der Waals surface area contributed by atoms with Crippen molar-refractivity contribution in [2.45, 2.75) is 13.5 Å². The average Bonchev–Trinajstić information content (AvgIpc) is 2.78. The minimum absolute atomic E-state index is 0.0642. The lowest BCUT2D eigenvalue weighted by Gasteiger charge is -2.23. The Morgan fingerprint density at radius 1 is 1.00 bits per heavy atom. The number of nitrogens with zero attached hydrogens (tertiary/aromatic N) is 2. The number of carbonyl (C=O) groups excluding carboxylic acids is 1. The van der Waals surface area contributed by atoms with E-state index in [1.807, 2.05) is 31.2 Å². The SMILES string of the molecule is Cc1ccccc1CN(c1ccc(C(=O)N/N=C\c2ccccc2C(=O)O)cc1)S(C)(=O)=O.